The van der Waals surface area contributed by atoms with Gasteiger partial charge in [0, 0.05) is 5.54 Å². The fourth-order valence-electron chi connectivity index (χ4n) is 1.72. The highest BCUT2D eigenvalue weighted by Gasteiger charge is 2.25. The molecule has 17 heavy (non-hydrogen) atoms. The molecule has 1 rings (SSSR count). The van der Waals surface area contributed by atoms with E-state index in [1.807, 2.05) is 20.8 Å². The molecule has 5 heteroatoms. The first kappa shape index (κ1) is 14.0. The third-order valence-corrected chi connectivity index (χ3v) is 4.15. The van der Waals surface area contributed by atoms with Gasteiger partial charge in [-0.1, -0.05) is 13.3 Å². The Labute approximate surface area is 103 Å². The maximum absolute atomic E-state index is 12.0. The highest BCUT2D eigenvalue weighted by atomic mass is 32.2. The van der Waals surface area contributed by atoms with Crippen LogP contribution in [0.2, 0.25) is 0 Å². The van der Waals surface area contributed by atoms with Crippen LogP contribution >= 0.6 is 0 Å². The van der Waals surface area contributed by atoms with E-state index < -0.39 is 15.6 Å². The molecule has 0 aliphatic rings. The molecule has 0 bridgehead atoms. The third kappa shape index (κ3) is 4.02. The van der Waals surface area contributed by atoms with E-state index in [1.54, 1.807) is 0 Å². The minimum Gasteiger partial charge on any atom is -0.508 e. The molecule has 1 aromatic rings. The van der Waals surface area contributed by atoms with Crippen molar-refractivity contribution < 1.29 is 13.5 Å². The molecule has 0 amide bonds. The van der Waals surface area contributed by atoms with Crippen LogP contribution in [-0.4, -0.2) is 19.1 Å². The number of phenolic OH excluding ortho intramolecular Hbond substituents is 1. The van der Waals surface area contributed by atoms with Crippen LogP contribution in [0.5, 0.6) is 5.75 Å². The number of phenols is 1. The van der Waals surface area contributed by atoms with Gasteiger partial charge in [0.15, 0.2) is 0 Å². The van der Waals surface area contributed by atoms with E-state index in [2.05, 4.69) is 4.72 Å². The van der Waals surface area contributed by atoms with Gasteiger partial charge in [0.1, 0.15) is 5.75 Å². The van der Waals surface area contributed by atoms with Gasteiger partial charge in [0.2, 0.25) is 10.0 Å². The Hall–Kier alpha value is -1.07. The van der Waals surface area contributed by atoms with Gasteiger partial charge in [-0.05, 0) is 44.5 Å². The predicted octanol–water partition coefficient (Wildman–Crippen LogP) is 2.25. The van der Waals surface area contributed by atoms with E-state index in [0.29, 0.717) is 0 Å². The Morgan fingerprint density at radius 3 is 2.24 bits per heavy atom. The first-order chi connectivity index (χ1) is 7.77. The van der Waals surface area contributed by atoms with E-state index in [9.17, 15) is 8.42 Å². The molecule has 0 fully saturated rings. The molecule has 0 spiro atoms. The summed E-state index contributed by atoms with van der Waals surface area (Å²) < 4.78 is 26.7. The highest BCUT2D eigenvalue weighted by Crippen LogP contribution is 2.18. The van der Waals surface area contributed by atoms with Crippen LogP contribution in [0.4, 0.5) is 0 Å². The molecular weight excluding hydrogens is 238 g/mol. The van der Waals surface area contributed by atoms with Crippen molar-refractivity contribution in [2.45, 2.75) is 44.0 Å². The van der Waals surface area contributed by atoms with Crippen molar-refractivity contribution >= 4 is 10.0 Å². The normalized spacial score (nSPS) is 12.6. The van der Waals surface area contributed by atoms with Crippen LogP contribution < -0.4 is 4.72 Å². The van der Waals surface area contributed by atoms with Crippen LogP contribution in [-0.2, 0) is 10.0 Å². The second kappa shape index (κ2) is 5.06. The highest BCUT2D eigenvalue weighted by molar-refractivity contribution is 7.89. The van der Waals surface area contributed by atoms with Gasteiger partial charge in [0.25, 0.3) is 0 Å². The monoisotopic (exact) mass is 257 g/mol. The summed E-state index contributed by atoms with van der Waals surface area (Å²) in [7, 11) is -3.52. The third-order valence-electron chi connectivity index (χ3n) is 2.43. The molecule has 0 unspecified atom stereocenters. The fourth-order valence-corrected chi connectivity index (χ4v) is 3.17. The molecule has 0 aromatic heterocycles. The molecule has 0 aliphatic carbocycles. The summed E-state index contributed by atoms with van der Waals surface area (Å²) in [6, 6.07) is 5.50. The lowest BCUT2D eigenvalue weighted by molar-refractivity contribution is 0.417. The molecule has 0 saturated carbocycles. The fraction of sp³-hybridized carbons (Fsp3) is 0.500. The van der Waals surface area contributed by atoms with Gasteiger partial charge in [-0.15, -0.1) is 0 Å². The molecular formula is C12H19NO3S. The molecule has 4 nitrogen and oxygen atoms in total. The Morgan fingerprint density at radius 1 is 1.24 bits per heavy atom. The number of sulfonamides is 1. The first-order valence-electron chi connectivity index (χ1n) is 5.60. The van der Waals surface area contributed by atoms with Crippen LogP contribution in [0.3, 0.4) is 0 Å². The second-order valence-corrected chi connectivity index (χ2v) is 6.42. The zero-order valence-electron chi connectivity index (χ0n) is 10.4. The van der Waals surface area contributed by atoms with Crippen LogP contribution in [0.25, 0.3) is 0 Å². The molecule has 0 radical (unpaired) electrons. The van der Waals surface area contributed by atoms with E-state index in [0.717, 1.165) is 12.8 Å². The molecule has 2 N–H and O–H groups in total. The van der Waals surface area contributed by atoms with E-state index >= 15 is 0 Å². The Morgan fingerprint density at radius 2 is 1.76 bits per heavy atom. The summed E-state index contributed by atoms with van der Waals surface area (Å²) in [6.45, 7) is 5.72. The lowest BCUT2D eigenvalue weighted by Crippen LogP contribution is -2.43. The second-order valence-electron chi connectivity index (χ2n) is 4.73. The number of hydrogen-bond acceptors (Lipinski definition) is 3. The molecule has 0 saturated heterocycles. The SMILES string of the molecule is CCCC(C)(C)NS(=O)(=O)c1ccc(O)cc1. The standard InChI is InChI=1S/C12H19NO3S/c1-4-9-12(2,3)13-17(15,16)11-7-5-10(14)6-8-11/h5-8,13-14H,4,9H2,1-3H3. The Bertz CT molecular complexity index is 463. The Kier molecular flexibility index (Phi) is 4.16. The number of benzene rings is 1. The van der Waals surface area contributed by atoms with Gasteiger partial charge in [-0.2, -0.15) is 0 Å². The molecule has 96 valence electrons. The topological polar surface area (TPSA) is 66.4 Å². The van der Waals surface area contributed by atoms with Gasteiger partial charge in [0.05, 0.1) is 4.90 Å². The van der Waals surface area contributed by atoms with E-state index in [4.69, 9.17) is 5.11 Å². The van der Waals surface area contributed by atoms with Gasteiger partial charge in [-0.3, -0.25) is 0 Å². The van der Waals surface area contributed by atoms with Crippen LogP contribution in [0.15, 0.2) is 29.2 Å². The largest absolute Gasteiger partial charge is 0.508 e. The van der Waals surface area contributed by atoms with Gasteiger partial charge < -0.3 is 5.11 Å². The van der Waals surface area contributed by atoms with Crippen LogP contribution in [0.1, 0.15) is 33.6 Å². The van der Waals surface area contributed by atoms with Crippen molar-refractivity contribution in [2.24, 2.45) is 0 Å². The lowest BCUT2D eigenvalue weighted by atomic mass is 10.0. The maximum atomic E-state index is 12.0. The molecule has 1 aromatic carbocycles. The minimum atomic E-state index is -3.52. The van der Waals surface area contributed by atoms with Crippen molar-refractivity contribution in [3.8, 4) is 5.75 Å². The van der Waals surface area contributed by atoms with Crippen molar-refractivity contribution in [3.05, 3.63) is 24.3 Å². The number of hydrogen-bond donors (Lipinski definition) is 2. The van der Waals surface area contributed by atoms with Crippen molar-refractivity contribution in [1.29, 1.82) is 0 Å². The summed E-state index contributed by atoms with van der Waals surface area (Å²) in [5.74, 6) is 0.0526. The summed E-state index contributed by atoms with van der Waals surface area (Å²) in [6.07, 6.45) is 1.68. The maximum Gasteiger partial charge on any atom is 0.241 e. The van der Waals surface area contributed by atoms with Crippen molar-refractivity contribution in [1.82, 2.24) is 4.72 Å². The average Bonchev–Trinajstić information content (AvgIpc) is 2.16. The summed E-state index contributed by atoms with van der Waals surface area (Å²) in [5, 5.41) is 9.12. The minimum absolute atomic E-state index is 0.0526. The zero-order valence-corrected chi connectivity index (χ0v) is 11.2. The van der Waals surface area contributed by atoms with Crippen LogP contribution in [0, 0.1) is 0 Å². The van der Waals surface area contributed by atoms with E-state index in [1.165, 1.54) is 24.3 Å². The van der Waals surface area contributed by atoms with Gasteiger partial charge >= 0.3 is 0 Å². The zero-order chi connectivity index (χ0) is 13.1. The smallest absolute Gasteiger partial charge is 0.241 e. The number of aromatic hydroxyl groups is 1. The average molecular weight is 257 g/mol. The molecule has 0 aliphatic heterocycles. The van der Waals surface area contributed by atoms with Gasteiger partial charge in [-0.25, -0.2) is 13.1 Å². The van der Waals surface area contributed by atoms with Crippen molar-refractivity contribution in [3.63, 3.8) is 0 Å². The quantitative estimate of drug-likeness (QED) is 0.850. The summed E-state index contributed by atoms with van der Waals surface area (Å²) in [4.78, 5) is 0.166. The Balaban J connectivity index is 2.93. The number of nitrogens with one attached hydrogen (secondary N) is 1. The molecule has 0 atom stereocenters. The van der Waals surface area contributed by atoms with Crippen molar-refractivity contribution in [2.75, 3.05) is 0 Å². The lowest BCUT2D eigenvalue weighted by Gasteiger charge is -2.25. The first-order valence-corrected chi connectivity index (χ1v) is 7.08. The van der Waals surface area contributed by atoms with E-state index in [-0.39, 0.29) is 10.6 Å². The summed E-state index contributed by atoms with van der Waals surface area (Å²) in [5.41, 5.74) is -0.467. The molecule has 0 heterocycles. The summed E-state index contributed by atoms with van der Waals surface area (Å²) >= 11 is 0. The number of rotatable bonds is 5. The predicted molar refractivity (Wildman–Crippen MR) is 67.4 cm³/mol.